The summed E-state index contributed by atoms with van der Waals surface area (Å²) in [6, 6.07) is 0.00186. The standard InChI is InChI=1S/C12H27N3O3S/c1-12(2,18-3)11(14-13)8-10-6-5-7-15(9-10)19(4,16)17/h10-11,14H,5-9,13H2,1-4H3. The predicted molar refractivity (Wildman–Crippen MR) is 76.0 cm³/mol. The van der Waals surface area contributed by atoms with Crippen LogP contribution in [0.5, 0.6) is 0 Å². The van der Waals surface area contributed by atoms with Gasteiger partial charge in [0.05, 0.1) is 11.9 Å². The van der Waals surface area contributed by atoms with Gasteiger partial charge in [0.25, 0.3) is 0 Å². The minimum absolute atomic E-state index is 0.00186. The molecule has 0 aromatic rings. The van der Waals surface area contributed by atoms with Gasteiger partial charge in [0.2, 0.25) is 10.0 Å². The third kappa shape index (κ3) is 4.68. The molecule has 1 fully saturated rings. The third-order valence-electron chi connectivity index (χ3n) is 4.09. The predicted octanol–water partition coefficient (Wildman–Crippen LogP) is 0.305. The molecule has 0 amide bonds. The van der Waals surface area contributed by atoms with Crippen LogP contribution in [0.3, 0.4) is 0 Å². The molecule has 114 valence electrons. The molecule has 3 N–H and O–H groups in total. The molecule has 6 nitrogen and oxygen atoms in total. The molecule has 1 heterocycles. The maximum absolute atomic E-state index is 11.6. The van der Waals surface area contributed by atoms with Crippen LogP contribution in [0.4, 0.5) is 0 Å². The van der Waals surface area contributed by atoms with Crippen molar-refractivity contribution in [2.45, 2.75) is 44.8 Å². The van der Waals surface area contributed by atoms with Gasteiger partial charge < -0.3 is 4.74 Å². The van der Waals surface area contributed by atoms with Gasteiger partial charge in [0.15, 0.2) is 0 Å². The van der Waals surface area contributed by atoms with Crippen LogP contribution in [0.25, 0.3) is 0 Å². The second-order valence-corrected chi connectivity index (χ2v) is 7.87. The number of hydrazine groups is 1. The molecule has 1 rings (SSSR count). The van der Waals surface area contributed by atoms with Crippen LogP contribution in [-0.4, -0.2) is 50.8 Å². The van der Waals surface area contributed by atoms with Crippen molar-refractivity contribution in [2.75, 3.05) is 26.5 Å². The molecule has 7 heteroatoms. The van der Waals surface area contributed by atoms with Crippen molar-refractivity contribution in [3.8, 4) is 0 Å². The molecule has 0 aliphatic carbocycles. The van der Waals surface area contributed by atoms with Crippen LogP contribution >= 0.6 is 0 Å². The van der Waals surface area contributed by atoms with Gasteiger partial charge in [-0.25, -0.2) is 12.7 Å². The molecule has 1 aliphatic heterocycles. The first kappa shape index (κ1) is 16.8. The lowest BCUT2D eigenvalue weighted by molar-refractivity contribution is -0.0188. The zero-order valence-corrected chi connectivity index (χ0v) is 13.2. The van der Waals surface area contributed by atoms with Gasteiger partial charge in [-0.3, -0.25) is 11.3 Å². The summed E-state index contributed by atoms with van der Waals surface area (Å²) in [5, 5.41) is 0. The highest BCUT2D eigenvalue weighted by molar-refractivity contribution is 7.88. The highest BCUT2D eigenvalue weighted by atomic mass is 32.2. The van der Waals surface area contributed by atoms with Crippen LogP contribution in [-0.2, 0) is 14.8 Å². The van der Waals surface area contributed by atoms with E-state index in [1.54, 1.807) is 11.4 Å². The molecule has 0 bridgehead atoms. The summed E-state index contributed by atoms with van der Waals surface area (Å²) in [6.45, 7) is 5.17. The van der Waals surface area contributed by atoms with Crippen molar-refractivity contribution >= 4 is 10.0 Å². The maximum atomic E-state index is 11.6. The number of ether oxygens (including phenoxy) is 1. The zero-order valence-electron chi connectivity index (χ0n) is 12.3. The Morgan fingerprint density at radius 3 is 2.63 bits per heavy atom. The molecule has 0 spiro atoms. The van der Waals surface area contributed by atoms with Crippen LogP contribution in [0, 0.1) is 5.92 Å². The first-order chi connectivity index (χ1) is 8.70. The lowest BCUT2D eigenvalue weighted by atomic mass is 9.86. The van der Waals surface area contributed by atoms with Crippen molar-refractivity contribution in [3.63, 3.8) is 0 Å². The van der Waals surface area contributed by atoms with E-state index in [2.05, 4.69) is 5.43 Å². The molecular weight excluding hydrogens is 266 g/mol. The van der Waals surface area contributed by atoms with Gasteiger partial charge in [0.1, 0.15) is 0 Å². The van der Waals surface area contributed by atoms with E-state index >= 15 is 0 Å². The van der Waals surface area contributed by atoms with Gasteiger partial charge in [-0.15, -0.1) is 0 Å². The van der Waals surface area contributed by atoms with E-state index in [-0.39, 0.29) is 11.6 Å². The monoisotopic (exact) mass is 293 g/mol. The smallest absolute Gasteiger partial charge is 0.211 e. The summed E-state index contributed by atoms with van der Waals surface area (Å²) in [5.74, 6) is 5.93. The number of nitrogens with one attached hydrogen (secondary N) is 1. The summed E-state index contributed by atoms with van der Waals surface area (Å²) in [7, 11) is -1.43. The van der Waals surface area contributed by atoms with E-state index < -0.39 is 10.0 Å². The van der Waals surface area contributed by atoms with Gasteiger partial charge in [-0.05, 0) is 39.0 Å². The van der Waals surface area contributed by atoms with Crippen LogP contribution in [0.2, 0.25) is 0 Å². The second-order valence-electron chi connectivity index (χ2n) is 5.89. The van der Waals surface area contributed by atoms with Gasteiger partial charge >= 0.3 is 0 Å². The number of nitrogens with two attached hydrogens (primary N) is 1. The minimum atomic E-state index is -3.09. The molecule has 0 radical (unpaired) electrons. The zero-order chi connectivity index (χ0) is 14.7. The molecule has 19 heavy (non-hydrogen) atoms. The van der Waals surface area contributed by atoms with E-state index in [1.165, 1.54) is 6.26 Å². The third-order valence-corrected chi connectivity index (χ3v) is 5.36. The molecule has 1 saturated heterocycles. The number of rotatable bonds is 6. The number of hydrogen-bond acceptors (Lipinski definition) is 5. The Labute approximate surface area is 116 Å². The van der Waals surface area contributed by atoms with Gasteiger partial charge in [0, 0.05) is 26.2 Å². The number of methoxy groups -OCH3 is 1. The largest absolute Gasteiger partial charge is 0.377 e. The van der Waals surface area contributed by atoms with Crippen molar-refractivity contribution in [2.24, 2.45) is 11.8 Å². The lowest BCUT2D eigenvalue weighted by Crippen LogP contribution is -2.53. The molecule has 0 aromatic carbocycles. The Bertz CT molecular complexity index is 384. The molecule has 2 atom stereocenters. The molecule has 1 aliphatic rings. The quantitative estimate of drug-likeness (QED) is 0.544. The number of sulfonamides is 1. The Hall–Kier alpha value is -0.210. The van der Waals surface area contributed by atoms with E-state index in [9.17, 15) is 8.42 Å². The van der Waals surface area contributed by atoms with Crippen molar-refractivity contribution < 1.29 is 13.2 Å². The van der Waals surface area contributed by atoms with Crippen LogP contribution in [0.15, 0.2) is 0 Å². The normalized spacial score (nSPS) is 24.4. The Balaban J connectivity index is 2.66. The van der Waals surface area contributed by atoms with Crippen LogP contribution < -0.4 is 11.3 Å². The summed E-state index contributed by atoms with van der Waals surface area (Å²) in [4.78, 5) is 0. The Kier molecular flexibility index (Phi) is 5.76. The van der Waals surface area contributed by atoms with E-state index in [4.69, 9.17) is 10.6 Å². The van der Waals surface area contributed by atoms with E-state index in [1.807, 2.05) is 13.8 Å². The molecule has 2 unspecified atom stereocenters. The fourth-order valence-electron chi connectivity index (χ4n) is 2.55. The van der Waals surface area contributed by atoms with Crippen molar-refractivity contribution in [1.29, 1.82) is 0 Å². The topological polar surface area (TPSA) is 84.7 Å². The summed E-state index contributed by atoms with van der Waals surface area (Å²) in [5.41, 5.74) is 2.43. The number of piperidine rings is 1. The first-order valence-electron chi connectivity index (χ1n) is 6.67. The Morgan fingerprint density at radius 1 is 1.53 bits per heavy atom. The molecular formula is C12H27N3O3S. The number of hydrogen-bond donors (Lipinski definition) is 2. The maximum Gasteiger partial charge on any atom is 0.211 e. The summed E-state index contributed by atoms with van der Waals surface area (Å²) < 4.78 is 30.2. The van der Waals surface area contributed by atoms with Gasteiger partial charge in [-0.2, -0.15) is 0 Å². The summed E-state index contributed by atoms with van der Waals surface area (Å²) in [6.07, 6.45) is 4.02. The number of nitrogens with zero attached hydrogens (tertiary/aromatic N) is 1. The van der Waals surface area contributed by atoms with E-state index in [0.717, 1.165) is 19.3 Å². The van der Waals surface area contributed by atoms with Gasteiger partial charge in [-0.1, -0.05) is 0 Å². The lowest BCUT2D eigenvalue weighted by Gasteiger charge is -2.38. The van der Waals surface area contributed by atoms with Crippen LogP contribution in [0.1, 0.15) is 33.1 Å². The minimum Gasteiger partial charge on any atom is -0.377 e. The van der Waals surface area contributed by atoms with E-state index in [0.29, 0.717) is 19.0 Å². The average Bonchev–Trinajstić information content (AvgIpc) is 2.35. The fraction of sp³-hybridized carbons (Fsp3) is 1.00. The highest BCUT2D eigenvalue weighted by Crippen LogP contribution is 2.26. The average molecular weight is 293 g/mol. The Morgan fingerprint density at radius 2 is 2.16 bits per heavy atom. The van der Waals surface area contributed by atoms with Crippen molar-refractivity contribution in [1.82, 2.24) is 9.73 Å². The molecule has 0 aromatic heterocycles. The first-order valence-corrected chi connectivity index (χ1v) is 8.52. The second kappa shape index (κ2) is 6.49. The SMILES string of the molecule is COC(C)(C)C(CC1CCCN(S(C)(=O)=O)C1)NN. The van der Waals surface area contributed by atoms with Crippen molar-refractivity contribution in [3.05, 3.63) is 0 Å². The fourth-order valence-corrected chi connectivity index (χ4v) is 3.49. The highest BCUT2D eigenvalue weighted by Gasteiger charge is 2.33. The molecule has 0 saturated carbocycles. The summed E-state index contributed by atoms with van der Waals surface area (Å²) >= 11 is 0.